The number of hydrogen-bond donors (Lipinski definition) is 1. The van der Waals surface area contributed by atoms with E-state index in [9.17, 15) is 9.59 Å². The van der Waals surface area contributed by atoms with Crippen LogP contribution < -0.4 is 5.32 Å². The van der Waals surface area contributed by atoms with Gasteiger partial charge in [-0.15, -0.1) is 0 Å². The van der Waals surface area contributed by atoms with Crippen molar-refractivity contribution in [2.45, 2.75) is 13.3 Å². The van der Waals surface area contributed by atoms with Crippen LogP contribution in [0.2, 0.25) is 0 Å². The molecular weight excluding hydrogens is 194 g/mol. The Labute approximate surface area is 90.4 Å². The van der Waals surface area contributed by atoms with Gasteiger partial charge in [-0.05, 0) is 13.5 Å². The Balaban J connectivity index is 2.47. The SMILES string of the molecule is CCCN1CC(=O)N(CCNC)CC1=O. The van der Waals surface area contributed by atoms with Crippen LogP contribution >= 0.6 is 0 Å². The predicted molar refractivity (Wildman–Crippen MR) is 57.4 cm³/mol. The molecule has 1 rings (SSSR count). The molecule has 0 aromatic rings. The topological polar surface area (TPSA) is 52.7 Å². The highest BCUT2D eigenvalue weighted by atomic mass is 16.2. The monoisotopic (exact) mass is 213 g/mol. The molecule has 0 unspecified atom stereocenters. The van der Waals surface area contributed by atoms with Crippen molar-refractivity contribution >= 4 is 11.8 Å². The zero-order valence-electron chi connectivity index (χ0n) is 9.45. The van der Waals surface area contributed by atoms with Crippen molar-refractivity contribution in [1.82, 2.24) is 15.1 Å². The summed E-state index contributed by atoms with van der Waals surface area (Å²) in [4.78, 5) is 26.5. The van der Waals surface area contributed by atoms with Gasteiger partial charge in [-0.2, -0.15) is 0 Å². The summed E-state index contributed by atoms with van der Waals surface area (Å²) >= 11 is 0. The van der Waals surface area contributed by atoms with Crippen LogP contribution in [0, 0.1) is 0 Å². The van der Waals surface area contributed by atoms with Gasteiger partial charge in [0.15, 0.2) is 0 Å². The minimum atomic E-state index is 0.0540. The van der Waals surface area contributed by atoms with E-state index in [0.29, 0.717) is 13.1 Å². The van der Waals surface area contributed by atoms with Gasteiger partial charge in [0.05, 0.1) is 13.1 Å². The van der Waals surface area contributed by atoms with E-state index in [1.807, 2.05) is 14.0 Å². The fourth-order valence-electron chi connectivity index (χ4n) is 1.63. The summed E-state index contributed by atoms with van der Waals surface area (Å²) in [6.45, 7) is 4.51. The van der Waals surface area contributed by atoms with E-state index in [0.717, 1.165) is 13.0 Å². The first-order chi connectivity index (χ1) is 7.19. The second-order valence-corrected chi connectivity index (χ2v) is 3.73. The van der Waals surface area contributed by atoms with Crippen LogP contribution in [0.3, 0.4) is 0 Å². The lowest BCUT2D eigenvalue weighted by molar-refractivity contribution is -0.150. The van der Waals surface area contributed by atoms with Gasteiger partial charge in [0, 0.05) is 19.6 Å². The molecule has 0 spiro atoms. The fraction of sp³-hybridized carbons (Fsp3) is 0.800. The average Bonchev–Trinajstić information content (AvgIpc) is 2.21. The molecule has 5 heteroatoms. The van der Waals surface area contributed by atoms with Crippen LogP contribution in [0.5, 0.6) is 0 Å². The number of piperazine rings is 1. The first-order valence-corrected chi connectivity index (χ1v) is 5.39. The van der Waals surface area contributed by atoms with Gasteiger partial charge in [0.1, 0.15) is 0 Å². The Morgan fingerprint density at radius 1 is 1.13 bits per heavy atom. The third-order valence-electron chi connectivity index (χ3n) is 2.48. The zero-order chi connectivity index (χ0) is 11.3. The fourth-order valence-corrected chi connectivity index (χ4v) is 1.63. The van der Waals surface area contributed by atoms with Crippen molar-refractivity contribution in [2.75, 3.05) is 39.8 Å². The van der Waals surface area contributed by atoms with Crippen molar-refractivity contribution in [1.29, 1.82) is 0 Å². The van der Waals surface area contributed by atoms with E-state index < -0.39 is 0 Å². The van der Waals surface area contributed by atoms with Crippen LogP contribution in [0.25, 0.3) is 0 Å². The lowest BCUT2D eigenvalue weighted by Crippen LogP contribution is -2.54. The molecule has 0 saturated carbocycles. The summed E-state index contributed by atoms with van der Waals surface area (Å²) in [6, 6.07) is 0. The van der Waals surface area contributed by atoms with Crippen molar-refractivity contribution in [3.63, 3.8) is 0 Å². The van der Waals surface area contributed by atoms with E-state index in [2.05, 4.69) is 5.32 Å². The molecule has 1 aliphatic rings. The second kappa shape index (κ2) is 5.70. The third-order valence-corrected chi connectivity index (χ3v) is 2.48. The van der Waals surface area contributed by atoms with Crippen molar-refractivity contribution < 1.29 is 9.59 Å². The minimum Gasteiger partial charge on any atom is -0.332 e. The smallest absolute Gasteiger partial charge is 0.242 e. The molecule has 5 nitrogen and oxygen atoms in total. The van der Waals surface area contributed by atoms with Crippen LogP contribution in [-0.2, 0) is 9.59 Å². The van der Waals surface area contributed by atoms with Crippen LogP contribution in [-0.4, -0.2) is 61.4 Å². The number of rotatable bonds is 5. The van der Waals surface area contributed by atoms with E-state index in [-0.39, 0.29) is 24.9 Å². The van der Waals surface area contributed by atoms with Gasteiger partial charge in [-0.3, -0.25) is 9.59 Å². The largest absolute Gasteiger partial charge is 0.332 e. The maximum atomic E-state index is 11.6. The molecule has 1 N–H and O–H groups in total. The minimum absolute atomic E-state index is 0.0540. The number of nitrogens with one attached hydrogen (secondary N) is 1. The highest BCUT2D eigenvalue weighted by molar-refractivity contribution is 5.92. The number of amides is 2. The Morgan fingerprint density at radius 2 is 1.67 bits per heavy atom. The van der Waals surface area contributed by atoms with E-state index >= 15 is 0 Å². The van der Waals surface area contributed by atoms with Gasteiger partial charge in [0.2, 0.25) is 11.8 Å². The van der Waals surface area contributed by atoms with Crippen molar-refractivity contribution in [2.24, 2.45) is 0 Å². The molecule has 2 amide bonds. The number of carbonyl (C=O) groups is 2. The summed E-state index contributed by atoms with van der Waals surface area (Å²) in [5.74, 6) is 0.117. The summed E-state index contributed by atoms with van der Waals surface area (Å²) < 4.78 is 0. The molecule has 0 aliphatic carbocycles. The second-order valence-electron chi connectivity index (χ2n) is 3.73. The first kappa shape index (κ1) is 12.0. The van der Waals surface area contributed by atoms with Gasteiger partial charge < -0.3 is 15.1 Å². The maximum absolute atomic E-state index is 11.6. The Morgan fingerprint density at radius 3 is 2.13 bits per heavy atom. The van der Waals surface area contributed by atoms with Crippen molar-refractivity contribution in [3.05, 3.63) is 0 Å². The highest BCUT2D eigenvalue weighted by Gasteiger charge is 2.28. The van der Waals surface area contributed by atoms with E-state index in [1.54, 1.807) is 9.80 Å². The summed E-state index contributed by atoms with van der Waals surface area (Å²) in [7, 11) is 1.83. The van der Waals surface area contributed by atoms with Crippen LogP contribution in [0.15, 0.2) is 0 Å². The molecule has 15 heavy (non-hydrogen) atoms. The maximum Gasteiger partial charge on any atom is 0.242 e. The molecule has 0 radical (unpaired) electrons. The molecule has 1 saturated heterocycles. The molecule has 0 aromatic heterocycles. The van der Waals surface area contributed by atoms with E-state index in [1.165, 1.54) is 0 Å². The predicted octanol–water partition coefficient (Wildman–Crippen LogP) is -0.713. The number of nitrogens with zero attached hydrogens (tertiary/aromatic N) is 2. The number of hydrogen-bond acceptors (Lipinski definition) is 3. The molecule has 1 aliphatic heterocycles. The van der Waals surface area contributed by atoms with E-state index in [4.69, 9.17) is 0 Å². The van der Waals surface area contributed by atoms with Gasteiger partial charge in [-0.1, -0.05) is 6.92 Å². The molecule has 1 fully saturated rings. The standard InChI is InChI=1S/C10H19N3O2/c1-3-5-12-7-10(15)13(6-4-11-2)8-9(12)14/h11H,3-8H2,1-2H3. The number of likely N-dealkylation sites (N-methyl/N-ethyl adjacent to an activating group) is 1. The summed E-state index contributed by atoms with van der Waals surface area (Å²) in [5.41, 5.74) is 0. The molecule has 0 aromatic carbocycles. The zero-order valence-corrected chi connectivity index (χ0v) is 9.45. The Hall–Kier alpha value is -1.10. The number of carbonyl (C=O) groups excluding carboxylic acids is 2. The average molecular weight is 213 g/mol. The Kier molecular flexibility index (Phi) is 4.55. The molecule has 86 valence electrons. The third kappa shape index (κ3) is 3.20. The van der Waals surface area contributed by atoms with Gasteiger partial charge in [-0.25, -0.2) is 0 Å². The Bertz CT molecular complexity index is 243. The molecular formula is C10H19N3O2. The van der Waals surface area contributed by atoms with Gasteiger partial charge >= 0.3 is 0 Å². The molecule has 1 heterocycles. The molecule has 0 atom stereocenters. The van der Waals surface area contributed by atoms with Crippen molar-refractivity contribution in [3.8, 4) is 0 Å². The summed E-state index contributed by atoms with van der Waals surface area (Å²) in [6.07, 6.45) is 0.898. The molecule has 0 bridgehead atoms. The first-order valence-electron chi connectivity index (χ1n) is 5.39. The lowest BCUT2D eigenvalue weighted by atomic mass is 10.2. The van der Waals surface area contributed by atoms with Crippen LogP contribution in [0.4, 0.5) is 0 Å². The lowest BCUT2D eigenvalue weighted by Gasteiger charge is -2.33. The normalized spacial score (nSPS) is 17.5. The van der Waals surface area contributed by atoms with Crippen LogP contribution in [0.1, 0.15) is 13.3 Å². The summed E-state index contributed by atoms with van der Waals surface area (Å²) in [5, 5.41) is 2.97. The quantitative estimate of drug-likeness (QED) is 0.656. The van der Waals surface area contributed by atoms with Gasteiger partial charge in [0.25, 0.3) is 0 Å². The highest BCUT2D eigenvalue weighted by Crippen LogP contribution is 2.04.